The zero-order chi connectivity index (χ0) is 19.6. The van der Waals surface area contributed by atoms with Crippen LogP contribution < -0.4 is 4.74 Å². The lowest BCUT2D eigenvalue weighted by atomic mass is 10.1. The smallest absolute Gasteiger partial charge is 0.416 e. The molecular formula is C17H14F3N3O4. The van der Waals surface area contributed by atoms with Crippen LogP contribution in [0, 0.1) is 10.1 Å². The predicted octanol–water partition coefficient (Wildman–Crippen LogP) is 3.30. The molecule has 1 saturated heterocycles. The molecule has 1 aliphatic rings. The van der Waals surface area contributed by atoms with Crippen LogP contribution >= 0.6 is 0 Å². The van der Waals surface area contributed by atoms with E-state index in [0.717, 1.165) is 18.3 Å². The quantitative estimate of drug-likeness (QED) is 0.599. The van der Waals surface area contributed by atoms with Gasteiger partial charge in [0, 0.05) is 31.3 Å². The number of carbonyl (C=O) groups excluding carboxylic acids is 1. The van der Waals surface area contributed by atoms with Gasteiger partial charge in [0.25, 0.3) is 11.6 Å². The van der Waals surface area contributed by atoms with E-state index in [1.54, 1.807) is 0 Å². The van der Waals surface area contributed by atoms with Gasteiger partial charge in [0.2, 0.25) is 5.88 Å². The molecule has 3 rings (SSSR count). The summed E-state index contributed by atoms with van der Waals surface area (Å²) in [6, 6.07) is 7.23. The molecule has 1 aromatic heterocycles. The molecule has 0 spiro atoms. The molecular weight excluding hydrogens is 367 g/mol. The Morgan fingerprint density at radius 3 is 2.74 bits per heavy atom. The van der Waals surface area contributed by atoms with E-state index in [0.29, 0.717) is 6.42 Å². The topological polar surface area (TPSA) is 85.6 Å². The van der Waals surface area contributed by atoms with Crippen LogP contribution in [-0.4, -0.2) is 39.9 Å². The van der Waals surface area contributed by atoms with Crippen molar-refractivity contribution in [3.8, 4) is 5.88 Å². The Morgan fingerprint density at radius 2 is 2.04 bits per heavy atom. The van der Waals surface area contributed by atoms with Gasteiger partial charge in [0.05, 0.1) is 17.0 Å². The minimum atomic E-state index is -4.51. The molecule has 0 bridgehead atoms. The number of likely N-dealkylation sites (tertiary alicyclic amines) is 1. The number of nitro groups is 1. The van der Waals surface area contributed by atoms with E-state index in [1.807, 2.05) is 0 Å². The number of nitro benzene ring substituents is 1. The van der Waals surface area contributed by atoms with Crippen LogP contribution in [0.5, 0.6) is 5.88 Å². The van der Waals surface area contributed by atoms with Crippen LogP contribution in [0.2, 0.25) is 0 Å². The maximum Gasteiger partial charge on any atom is 0.416 e. The number of carbonyl (C=O) groups is 1. The van der Waals surface area contributed by atoms with Crippen molar-refractivity contribution in [2.24, 2.45) is 0 Å². The number of para-hydroxylation sites is 1. The number of hydrogen-bond donors (Lipinski definition) is 0. The zero-order valence-electron chi connectivity index (χ0n) is 13.8. The van der Waals surface area contributed by atoms with Gasteiger partial charge < -0.3 is 9.64 Å². The van der Waals surface area contributed by atoms with Gasteiger partial charge in [-0.1, -0.05) is 12.1 Å². The second-order valence-corrected chi connectivity index (χ2v) is 5.93. The second kappa shape index (κ2) is 7.22. The Hall–Kier alpha value is -3.17. The number of halogens is 3. The van der Waals surface area contributed by atoms with Gasteiger partial charge in [-0.3, -0.25) is 14.9 Å². The Labute approximate surface area is 151 Å². The van der Waals surface area contributed by atoms with Crippen molar-refractivity contribution >= 4 is 11.6 Å². The summed E-state index contributed by atoms with van der Waals surface area (Å²) in [7, 11) is 0. The second-order valence-electron chi connectivity index (χ2n) is 5.93. The maximum atomic E-state index is 12.7. The van der Waals surface area contributed by atoms with E-state index >= 15 is 0 Å². The monoisotopic (exact) mass is 381 g/mol. The van der Waals surface area contributed by atoms with Crippen LogP contribution in [0.1, 0.15) is 22.3 Å². The molecule has 1 aromatic carbocycles. The molecule has 142 valence electrons. The SMILES string of the molecule is O=C(c1ccccc1[N+](=O)[O-])N1CCC(Oc2cc(C(F)(F)F)ccn2)C1. The molecule has 7 nitrogen and oxygen atoms in total. The molecule has 1 amide bonds. The summed E-state index contributed by atoms with van der Waals surface area (Å²) < 4.78 is 43.7. The van der Waals surface area contributed by atoms with Crippen molar-refractivity contribution in [2.45, 2.75) is 18.7 Å². The minimum absolute atomic E-state index is 0.0413. The van der Waals surface area contributed by atoms with Crippen LogP contribution in [0.3, 0.4) is 0 Å². The highest BCUT2D eigenvalue weighted by molar-refractivity contribution is 5.98. The number of rotatable bonds is 4. The Balaban J connectivity index is 1.69. The average molecular weight is 381 g/mol. The van der Waals surface area contributed by atoms with Crippen molar-refractivity contribution in [1.82, 2.24) is 9.88 Å². The molecule has 0 N–H and O–H groups in total. The van der Waals surface area contributed by atoms with Crippen molar-refractivity contribution in [3.05, 3.63) is 63.8 Å². The average Bonchev–Trinajstić information content (AvgIpc) is 3.09. The van der Waals surface area contributed by atoms with Crippen LogP contribution in [0.15, 0.2) is 42.6 Å². The van der Waals surface area contributed by atoms with Crippen molar-refractivity contribution in [3.63, 3.8) is 0 Å². The first-order chi connectivity index (χ1) is 12.8. The molecule has 2 heterocycles. The third kappa shape index (κ3) is 4.15. The summed E-state index contributed by atoms with van der Waals surface area (Å²) in [5, 5.41) is 11.1. The van der Waals surface area contributed by atoms with Crippen LogP contribution in [-0.2, 0) is 6.18 Å². The molecule has 0 saturated carbocycles. The van der Waals surface area contributed by atoms with Crippen molar-refractivity contribution < 1.29 is 27.6 Å². The van der Waals surface area contributed by atoms with Crippen molar-refractivity contribution in [2.75, 3.05) is 13.1 Å². The first kappa shape index (κ1) is 18.6. The van der Waals surface area contributed by atoms with Gasteiger partial charge in [0.1, 0.15) is 11.7 Å². The van der Waals surface area contributed by atoms with E-state index < -0.39 is 28.7 Å². The summed E-state index contributed by atoms with van der Waals surface area (Å²) in [5.74, 6) is -0.708. The Kier molecular flexibility index (Phi) is 4.98. The molecule has 1 atom stereocenters. The molecule has 2 aromatic rings. The standard InChI is InChI=1S/C17H14F3N3O4/c18-17(19,20)11-5-7-21-15(9-11)27-12-6-8-22(10-12)16(24)13-3-1-2-4-14(13)23(25)26/h1-5,7,9,12H,6,8,10H2. The fraction of sp³-hybridized carbons (Fsp3) is 0.294. The predicted molar refractivity (Wildman–Crippen MR) is 87.3 cm³/mol. The summed E-state index contributed by atoms with van der Waals surface area (Å²) in [5.41, 5.74) is -1.22. The lowest BCUT2D eigenvalue weighted by molar-refractivity contribution is -0.385. The third-order valence-corrected chi connectivity index (χ3v) is 4.11. The highest BCUT2D eigenvalue weighted by Gasteiger charge is 2.33. The zero-order valence-corrected chi connectivity index (χ0v) is 13.8. The lowest BCUT2D eigenvalue weighted by Gasteiger charge is -2.17. The van der Waals surface area contributed by atoms with Gasteiger partial charge >= 0.3 is 6.18 Å². The number of ether oxygens (including phenoxy) is 1. The molecule has 27 heavy (non-hydrogen) atoms. The first-order valence-corrected chi connectivity index (χ1v) is 7.98. The first-order valence-electron chi connectivity index (χ1n) is 7.98. The summed E-state index contributed by atoms with van der Waals surface area (Å²) in [4.78, 5) is 28.1. The molecule has 1 fully saturated rings. The normalized spacial score (nSPS) is 17.0. The maximum absolute atomic E-state index is 12.7. The number of nitrogens with zero attached hydrogens (tertiary/aromatic N) is 3. The van der Waals surface area contributed by atoms with Gasteiger partial charge in [-0.25, -0.2) is 4.98 Å². The Bertz CT molecular complexity index is 872. The lowest BCUT2D eigenvalue weighted by Crippen LogP contribution is -2.31. The number of benzene rings is 1. The summed E-state index contributed by atoms with van der Waals surface area (Å²) in [6.07, 6.45) is -3.67. The van der Waals surface area contributed by atoms with Gasteiger partial charge in [-0.2, -0.15) is 13.2 Å². The summed E-state index contributed by atoms with van der Waals surface area (Å²) in [6.45, 7) is 0.372. The summed E-state index contributed by atoms with van der Waals surface area (Å²) >= 11 is 0. The van der Waals surface area contributed by atoms with E-state index in [4.69, 9.17) is 4.74 Å². The highest BCUT2D eigenvalue weighted by Crippen LogP contribution is 2.31. The van der Waals surface area contributed by atoms with Crippen molar-refractivity contribution in [1.29, 1.82) is 0 Å². The molecule has 0 radical (unpaired) electrons. The van der Waals surface area contributed by atoms with E-state index in [2.05, 4.69) is 4.98 Å². The van der Waals surface area contributed by atoms with Crippen LogP contribution in [0.4, 0.5) is 18.9 Å². The van der Waals surface area contributed by atoms with E-state index in [-0.39, 0.29) is 30.2 Å². The largest absolute Gasteiger partial charge is 0.472 e. The highest BCUT2D eigenvalue weighted by atomic mass is 19.4. The molecule has 1 aliphatic heterocycles. The van der Waals surface area contributed by atoms with E-state index in [9.17, 15) is 28.1 Å². The Morgan fingerprint density at radius 1 is 1.30 bits per heavy atom. The fourth-order valence-electron chi connectivity index (χ4n) is 2.81. The number of alkyl halides is 3. The third-order valence-electron chi connectivity index (χ3n) is 4.11. The number of pyridine rings is 1. The number of aromatic nitrogens is 1. The fourth-order valence-corrected chi connectivity index (χ4v) is 2.81. The number of amides is 1. The molecule has 0 aliphatic carbocycles. The number of hydrogen-bond acceptors (Lipinski definition) is 5. The minimum Gasteiger partial charge on any atom is -0.472 e. The van der Waals surface area contributed by atoms with Gasteiger partial charge in [0.15, 0.2) is 0 Å². The van der Waals surface area contributed by atoms with E-state index in [1.165, 1.54) is 29.2 Å². The van der Waals surface area contributed by atoms with Crippen LogP contribution in [0.25, 0.3) is 0 Å². The molecule has 10 heteroatoms. The van der Waals surface area contributed by atoms with Gasteiger partial charge in [-0.15, -0.1) is 0 Å². The van der Waals surface area contributed by atoms with Gasteiger partial charge in [-0.05, 0) is 12.1 Å². The molecule has 1 unspecified atom stereocenters.